The first-order valence-electron chi connectivity index (χ1n) is 5.61. The van der Waals surface area contributed by atoms with Gasteiger partial charge in [0.15, 0.2) is 5.54 Å². The molecule has 0 amide bonds. The van der Waals surface area contributed by atoms with E-state index in [2.05, 4.69) is 0 Å². The molecule has 2 aliphatic rings. The molecule has 16 heavy (non-hydrogen) atoms. The van der Waals surface area contributed by atoms with E-state index in [9.17, 15) is 14.9 Å². The van der Waals surface area contributed by atoms with Crippen LogP contribution in [0.15, 0.2) is 0 Å². The van der Waals surface area contributed by atoms with Crippen LogP contribution in [0.25, 0.3) is 0 Å². The number of nitrogens with zero attached hydrogens (tertiary/aromatic N) is 1. The molecule has 6 nitrogen and oxygen atoms in total. The van der Waals surface area contributed by atoms with Gasteiger partial charge >= 0.3 is 5.97 Å². The van der Waals surface area contributed by atoms with Crippen molar-refractivity contribution < 1.29 is 14.5 Å². The Bertz CT molecular complexity index is 333. The minimum absolute atomic E-state index is 0.0607. The lowest BCUT2D eigenvalue weighted by Gasteiger charge is -2.32. The molecule has 2 bridgehead atoms. The van der Waals surface area contributed by atoms with Crippen LogP contribution < -0.4 is 5.73 Å². The predicted octanol–water partition coefficient (Wildman–Crippen LogP) is 0.322. The first-order valence-corrected chi connectivity index (χ1v) is 5.61. The summed E-state index contributed by atoms with van der Waals surface area (Å²) >= 11 is 0. The molecule has 6 heteroatoms. The van der Waals surface area contributed by atoms with Crippen molar-refractivity contribution in [1.82, 2.24) is 0 Å². The Balaban J connectivity index is 2.29. The highest BCUT2D eigenvalue weighted by Gasteiger charge is 2.67. The molecule has 2 aliphatic carbocycles. The number of hydrogen-bond acceptors (Lipinski definition) is 5. The highest BCUT2D eigenvalue weighted by molar-refractivity contribution is 5.83. The third-order valence-electron chi connectivity index (χ3n) is 3.94. The lowest BCUT2D eigenvalue weighted by molar-refractivity contribution is -0.538. The highest BCUT2D eigenvalue weighted by Crippen LogP contribution is 2.51. The number of fused-ring (bicyclic) bond motifs is 2. The molecule has 0 aliphatic heterocycles. The van der Waals surface area contributed by atoms with Gasteiger partial charge in [0, 0.05) is 10.8 Å². The summed E-state index contributed by atoms with van der Waals surface area (Å²) in [5.74, 6) is -0.759. The van der Waals surface area contributed by atoms with Crippen LogP contribution in [0.4, 0.5) is 0 Å². The first-order chi connectivity index (χ1) is 7.51. The normalized spacial score (nSPS) is 41.0. The van der Waals surface area contributed by atoms with Crippen LogP contribution >= 0.6 is 0 Å². The predicted molar refractivity (Wildman–Crippen MR) is 55.2 cm³/mol. The van der Waals surface area contributed by atoms with Crippen molar-refractivity contribution in [3.8, 4) is 0 Å². The molecule has 2 N–H and O–H groups in total. The van der Waals surface area contributed by atoms with Crippen molar-refractivity contribution in [2.75, 3.05) is 6.61 Å². The Morgan fingerprint density at radius 3 is 2.88 bits per heavy atom. The van der Waals surface area contributed by atoms with Crippen molar-refractivity contribution in [3.05, 3.63) is 10.1 Å². The second-order valence-corrected chi connectivity index (χ2v) is 4.65. The van der Waals surface area contributed by atoms with E-state index < -0.39 is 22.5 Å². The van der Waals surface area contributed by atoms with Crippen LogP contribution in [0, 0.1) is 22.0 Å². The van der Waals surface area contributed by atoms with Crippen molar-refractivity contribution in [3.63, 3.8) is 0 Å². The molecule has 0 aromatic carbocycles. The molecule has 4 atom stereocenters. The van der Waals surface area contributed by atoms with E-state index in [1.54, 1.807) is 6.92 Å². The topological polar surface area (TPSA) is 95.5 Å². The molecule has 2 saturated carbocycles. The summed E-state index contributed by atoms with van der Waals surface area (Å²) in [6, 6.07) is -0.967. The maximum Gasteiger partial charge on any atom is 0.333 e. The number of nitro groups is 1. The van der Waals surface area contributed by atoms with Gasteiger partial charge in [-0.25, -0.2) is 4.79 Å². The van der Waals surface area contributed by atoms with Crippen LogP contribution in [-0.2, 0) is 9.53 Å². The summed E-state index contributed by atoms with van der Waals surface area (Å²) in [4.78, 5) is 22.5. The summed E-state index contributed by atoms with van der Waals surface area (Å²) in [6.45, 7) is 1.88. The third kappa shape index (κ3) is 1.32. The smallest absolute Gasteiger partial charge is 0.333 e. The van der Waals surface area contributed by atoms with Gasteiger partial charge in [-0.3, -0.25) is 10.1 Å². The van der Waals surface area contributed by atoms with Gasteiger partial charge in [0.2, 0.25) is 6.04 Å². The number of carbonyl (C=O) groups is 1. The molecule has 0 unspecified atom stereocenters. The van der Waals surface area contributed by atoms with Gasteiger partial charge in [-0.05, 0) is 32.1 Å². The molecule has 0 heterocycles. The van der Waals surface area contributed by atoms with Crippen LogP contribution in [0.2, 0.25) is 0 Å². The van der Waals surface area contributed by atoms with Crippen molar-refractivity contribution in [2.24, 2.45) is 17.6 Å². The van der Waals surface area contributed by atoms with Crippen LogP contribution in [0.1, 0.15) is 26.2 Å². The second-order valence-electron chi connectivity index (χ2n) is 4.65. The molecule has 0 radical (unpaired) electrons. The van der Waals surface area contributed by atoms with E-state index in [0.29, 0.717) is 6.42 Å². The SMILES string of the molecule is CCOC(=O)[C@]1(N)[C@H]2CC[C@H](C2)[C@@H]1[N+](=O)[O-]. The number of hydrogen-bond donors (Lipinski definition) is 1. The summed E-state index contributed by atoms with van der Waals surface area (Å²) in [5, 5.41) is 11.0. The molecule has 0 aromatic heterocycles. The van der Waals surface area contributed by atoms with E-state index in [4.69, 9.17) is 10.5 Å². The van der Waals surface area contributed by atoms with Gasteiger partial charge in [0.05, 0.1) is 6.61 Å². The van der Waals surface area contributed by atoms with Crippen LogP contribution in [0.5, 0.6) is 0 Å². The molecular formula is C10H16N2O4. The van der Waals surface area contributed by atoms with Crippen molar-refractivity contribution in [2.45, 2.75) is 37.8 Å². The van der Waals surface area contributed by atoms with Gasteiger partial charge in [-0.2, -0.15) is 0 Å². The zero-order valence-corrected chi connectivity index (χ0v) is 9.22. The number of esters is 1. The number of ether oxygens (including phenoxy) is 1. The van der Waals surface area contributed by atoms with Gasteiger partial charge < -0.3 is 10.5 Å². The van der Waals surface area contributed by atoms with Crippen LogP contribution in [0.3, 0.4) is 0 Å². The maximum atomic E-state index is 11.8. The van der Waals surface area contributed by atoms with E-state index in [0.717, 1.165) is 12.8 Å². The minimum atomic E-state index is -1.40. The Morgan fingerprint density at radius 2 is 2.31 bits per heavy atom. The fourth-order valence-corrected chi connectivity index (χ4v) is 3.26. The Morgan fingerprint density at radius 1 is 1.62 bits per heavy atom. The van der Waals surface area contributed by atoms with Crippen LogP contribution in [-0.4, -0.2) is 29.1 Å². The molecular weight excluding hydrogens is 212 g/mol. The van der Waals surface area contributed by atoms with E-state index in [1.807, 2.05) is 0 Å². The quantitative estimate of drug-likeness (QED) is 0.426. The second kappa shape index (κ2) is 3.69. The number of nitrogens with two attached hydrogens (primary N) is 1. The summed E-state index contributed by atoms with van der Waals surface area (Å²) in [7, 11) is 0. The minimum Gasteiger partial charge on any atom is -0.464 e. The Kier molecular flexibility index (Phi) is 2.61. The van der Waals surface area contributed by atoms with E-state index in [-0.39, 0.29) is 18.4 Å². The lowest BCUT2D eigenvalue weighted by atomic mass is 9.78. The Hall–Kier alpha value is -1.17. The van der Waals surface area contributed by atoms with Gasteiger partial charge in [0.25, 0.3) is 0 Å². The molecule has 0 spiro atoms. The molecule has 0 saturated heterocycles. The monoisotopic (exact) mass is 228 g/mol. The summed E-state index contributed by atoms with van der Waals surface area (Å²) < 4.78 is 4.89. The van der Waals surface area contributed by atoms with Gasteiger partial charge in [0.1, 0.15) is 0 Å². The van der Waals surface area contributed by atoms with Crippen molar-refractivity contribution in [1.29, 1.82) is 0 Å². The largest absolute Gasteiger partial charge is 0.464 e. The third-order valence-corrected chi connectivity index (χ3v) is 3.94. The summed E-state index contributed by atoms with van der Waals surface area (Å²) in [5.41, 5.74) is 4.60. The maximum absolute atomic E-state index is 11.8. The van der Waals surface area contributed by atoms with E-state index in [1.165, 1.54) is 0 Å². The molecule has 90 valence electrons. The van der Waals surface area contributed by atoms with E-state index >= 15 is 0 Å². The molecule has 2 fully saturated rings. The fraction of sp³-hybridized carbons (Fsp3) is 0.900. The zero-order chi connectivity index (χ0) is 11.9. The summed E-state index contributed by atoms with van der Waals surface area (Å²) in [6.07, 6.45) is 2.28. The van der Waals surface area contributed by atoms with Crippen molar-refractivity contribution >= 4 is 5.97 Å². The average molecular weight is 228 g/mol. The number of rotatable bonds is 3. The zero-order valence-electron chi connectivity index (χ0n) is 9.22. The Labute approximate surface area is 93.3 Å². The lowest BCUT2D eigenvalue weighted by Crippen LogP contribution is -2.63. The fourth-order valence-electron chi connectivity index (χ4n) is 3.26. The van der Waals surface area contributed by atoms with Gasteiger partial charge in [-0.15, -0.1) is 0 Å². The standard InChI is InChI=1S/C10H16N2O4/c1-2-16-9(13)10(11)7-4-3-6(5-7)8(10)12(14)15/h6-8H,2-5,11H2,1H3/t6-,7+,8+,10+/m1/s1. The molecule has 0 aromatic rings. The number of carbonyl (C=O) groups excluding carboxylic acids is 1. The van der Waals surface area contributed by atoms with Gasteiger partial charge in [-0.1, -0.05) is 0 Å². The average Bonchev–Trinajstić information content (AvgIpc) is 2.76. The molecule has 2 rings (SSSR count). The first kappa shape index (κ1) is 11.3. The highest BCUT2D eigenvalue weighted by atomic mass is 16.6.